The van der Waals surface area contributed by atoms with E-state index in [0.717, 1.165) is 24.3 Å². The molecule has 0 radical (unpaired) electrons. The molecule has 33 heavy (non-hydrogen) atoms. The van der Waals surface area contributed by atoms with Gasteiger partial charge >= 0.3 is 5.97 Å². The number of carbonyl (C=O) groups is 2. The van der Waals surface area contributed by atoms with Crippen LogP contribution in [0.15, 0.2) is 41.2 Å². The van der Waals surface area contributed by atoms with Gasteiger partial charge in [-0.2, -0.15) is 10.1 Å². The van der Waals surface area contributed by atoms with Gasteiger partial charge in [-0.3, -0.25) is 19.3 Å². The molecule has 2 aliphatic rings. The molecular formula is C22H15F3N4O4. The number of rotatable bonds is 4. The minimum atomic E-state index is -1.39. The molecule has 0 saturated carbocycles. The Bertz CT molecular complexity index is 1390. The number of amides is 1. The van der Waals surface area contributed by atoms with Gasteiger partial charge in [-0.25, -0.2) is 17.9 Å². The van der Waals surface area contributed by atoms with E-state index >= 15 is 0 Å². The van der Waals surface area contributed by atoms with Crippen LogP contribution in [0.2, 0.25) is 0 Å². The molecule has 1 aromatic heterocycles. The van der Waals surface area contributed by atoms with Gasteiger partial charge in [-0.1, -0.05) is 0 Å². The predicted molar refractivity (Wildman–Crippen MR) is 109 cm³/mol. The molecular weight excluding hydrogens is 441 g/mol. The summed E-state index contributed by atoms with van der Waals surface area (Å²) in [5, 5.41) is 13.7. The van der Waals surface area contributed by atoms with E-state index in [4.69, 9.17) is 0 Å². The molecule has 3 heterocycles. The van der Waals surface area contributed by atoms with Crippen LogP contribution >= 0.6 is 0 Å². The first-order valence-electron chi connectivity index (χ1n) is 10.0. The van der Waals surface area contributed by atoms with Crippen molar-refractivity contribution in [1.82, 2.24) is 14.8 Å². The Morgan fingerprint density at radius 2 is 1.79 bits per heavy atom. The number of aliphatic carboxylic acids is 1. The van der Waals surface area contributed by atoms with Gasteiger partial charge in [0.05, 0.1) is 5.69 Å². The number of hydrogen-bond donors (Lipinski definition) is 1. The van der Waals surface area contributed by atoms with Crippen molar-refractivity contribution < 1.29 is 27.9 Å². The molecule has 1 N–H and O–H groups in total. The van der Waals surface area contributed by atoms with Crippen molar-refractivity contribution in [1.29, 1.82) is 0 Å². The number of halogens is 3. The van der Waals surface area contributed by atoms with Crippen molar-refractivity contribution in [2.45, 2.75) is 31.3 Å². The first-order valence-corrected chi connectivity index (χ1v) is 10.0. The van der Waals surface area contributed by atoms with Gasteiger partial charge in [0.25, 0.3) is 5.56 Å². The topological polar surface area (TPSA) is 105 Å². The van der Waals surface area contributed by atoms with Gasteiger partial charge in [0.1, 0.15) is 11.5 Å². The highest BCUT2D eigenvalue weighted by atomic mass is 19.2. The lowest BCUT2D eigenvalue weighted by molar-refractivity contribution is -0.137. The van der Waals surface area contributed by atoms with E-state index in [9.17, 15) is 32.7 Å². The molecule has 5 rings (SSSR count). The third-order valence-electron chi connectivity index (χ3n) is 5.99. The van der Waals surface area contributed by atoms with Crippen LogP contribution in [0.25, 0.3) is 22.6 Å². The molecule has 3 aromatic rings. The predicted octanol–water partition coefficient (Wildman–Crippen LogP) is 3.05. The average molecular weight is 456 g/mol. The summed E-state index contributed by atoms with van der Waals surface area (Å²) in [4.78, 5) is 42.4. The van der Waals surface area contributed by atoms with Crippen LogP contribution in [0.5, 0.6) is 0 Å². The Morgan fingerprint density at radius 1 is 1.09 bits per heavy atom. The maximum Gasteiger partial charge on any atom is 0.303 e. The van der Waals surface area contributed by atoms with E-state index in [1.807, 2.05) is 0 Å². The average Bonchev–Trinajstić information content (AvgIpc) is 3.12. The minimum absolute atomic E-state index is 0.00280. The molecule has 11 heteroatoms. The van der Waals surface area contributed by atoms with E-state index < -0.39 is 40.6 Å². The van der Waals surface area contributed by atoms with E-state index in [2.05, 4.69) is 10.1 Å². The second-order valence-corrected chi connectivity index (χ2v) is 7.90. The van der Waals surface area contributed by atoms with Crippen molar-refractivity contribution >= 4 is 17.6 Å². The van der Waals surface area contributed by atoms with Crippen LogP contribution in [-0.2, 0) is 15.3 Å². The molecule has 2 aromatic carbocycles. The van der Waals surface area contributed by atoms with Gasteiger partial charge in [-0.05, 0) is 30.3 Å². The van der Waals surface area contributed by atoms with Crippen molar-refractivity contribution in [3.8, 4) is 22.6 Å². The fourth-order valence-electron chi connectivity index (χ4n) is 4.51. The number of anilines is 1. The number of hydrogen-bond acceptors (Lipinski definition) is 5. The largest absolute Gasteiger partial charge is 0.481 e. The van der Waals surface area contributed by atoms with Crippen LogP contribution in [0, 0.1) is 17.5 Å². The summed E-state index contributed by atoms with van der Waals surface area (Å²) in [6.45, 7) is 0. The molecule has 1 fully saturated rings. The smallest absolute Gasteiger partial charge is 0.303 e. The highest BCUT2D eigenvalue weighted by molar-refractivity contribution is 6.01. The van der Waals surface area contributed by atoms with Crippen LogP contribution in [-0.4, -0.2) is 31.7 Å². The summed E-state index contributed by atoms with van der Waals surface area (Å²) in [5.74, 6) is -4.61. The fourth-order valence-corrected chi connectivity index (χ4v) is 4.51. The molecule has 0 unspecified atom stereocenters. The van der Waals surface area contributed by atoms with Crippen molar-refractivity contribution in [3.63, 3.8) is 0 Å². The SMILES string of the molecule is O=C(O)CC[C@@]12CCC(=O)N1c1cc(F)c(F)cc1-c1nc(=O)c(-c3ccc(F)cc3)nn12. The highest BCUT2D eigenvalue weighted by Crippen LogP contribution is 2.50. The van der Waals surface area contributed by atoms with Crippen molar-refractivity contribution in [2.24, 2.45) is 0 Å². The Morgan fingerprint density at radius 3 is 2.48 bits per heavy atom. The van der Waals surface area contributed by atoms with Crippen molar-refractivity contribution in [2.75, 3.05) is 4.90 Å². The Balaban J connectivity index is 1.83. The van der Waals surface area contributed by atoms with E-state index in [-0.39, 0.29) is 54.0 Å². The molecule has 0 spiro atoms. The quantitative estimate of drug-likeness (QED) is 0.647. The van der Waals surface area contributed by atoms with Gasteiger partial charge in [0.15, 0.2) is 23.2 Å². The second-order valence-electron chi connectivity index (χ2n) is 7.90. The lowest BCUT2D eigenvalue weighted by Crippen LogP contribution is -2.53. The lowest BCUT2D eigenvalue weighted by atomic mass is 9.95. The number of carboxylic acids is 1. The molecule has 0 aliphatic carbocycles. The Kier molecular flexibility index (Phi) is 4.59. The third-order valence-corrected chi connectivity index (χ3v) is 5.99. The number of fused-ring (bicyclic) bond motifs is 6. The summed E-state index contributed by atoms with van der Waals surface area (Å²) < 4.78 is 42.9. The van der Waals surface area contributed by atoms with Crippen LogP contribution in [0.3, 0.4) is 0 Å². The lowest BCUT2D eigenvalue weighted by Gasteiger charge is -2.44. The number of benzene rings is 2. The normalized spacial score (nSPS) is 18.6. The van der Waals surface area contributed by atoms with Gasteiger partial charge in [0, 0.05) is 42.9 Å². The summed E-state index contributed by atoms with van der Waals surface area (Å²) >= 11 is 0. The maximum atomic E-state index is 14.2. The van der Waals surface area contributed by atoms with E-state index in [0.29, 0.717) is 0 Å². The molecule has 168 valence electrons. The fraction of sp³-hybridized carbons (Fsp3) is 0.227. The zero-order valence-electron chi connectivity index (χ0n) is 16.9. The van der Waals surface area contributed by atoms with Gasteiger partial charge in [-0.15, -0.1) is 0 Å². The van der Waals surface area contributed by atoms with E-state index in [1.54, 1.807) is 0 Å². The zero-order chi connectivity index (χ0) is 23.5. The number of nitrogens with zero attached hydrogens (tertiary/aromatic N) is 4. The number of aromatic nitrogens is 3. The second kappa shape index (κ2) is 7.26. The Labute approximate surface area is 183 Å². The summed E-state index contributed by atoms with van der Waals surface area (Å²) in [6, 6.07) is 6.61. The van der Waals surface area contributed by atoms with Crippen LogP contribution in [0.1, 0.15) is 25.7 Å². The number of carbonyl (C=O) groups excluding carboxylic acids is 1. The Hall–Kier alpha value is -4.02. The molecule has 1 atom stereocenters. The highest BCUT2D eigenvalue weighted by Gasteiger charge is 2.53. The van der Waals surface area contributed by atoms with Gasteiger partial charge in [0.2, 0.25) is 5.91 Å². The molecule has 1 saturated heterocycles. The third kappa shape index (κ3) is 3.11. The van der Waals surface area contributed by atoms with E-state index in [1.165, 1.54) is 21.7 Å². The first-order chi connectivity index (χ1) is 15.7. The summed E-state index contributed by atoms with van der Waals surface area (Å²) in [6.07, 6.45) is -0.357. The summed E-state index contributed by atoms with van der Waals surface area (Å²) in [7, 11) is 0. The minimum Gasteiger partial charge on any atom is -0.481 e. The number of carboxylic acid groups (broad SMARTS) is 1. The molecule has 0 bridgehead atoms. The monoisotopic (exact) mass is 456 g/mol. The molecule has 8 nitrogen and oxygen atoms in total. The van der Waals surface area contributed by atoms with Crippen LogP contribution in [0.4, 0.5) is 18.9 Å². The maximum absolute atomic E-state index is 14.2. The van der Waals surface area contributed by atoms with Crippen molar-refractivity contribution in [3.05, 3.63) is 64.2 Å². The summed E-state index contributed by atoms with van der Waals surface area (Å²) in [5.41, 5.74) is -2.12. The first kappa shape index (κ1) is 20.9. The molecule has 1 amide bonds. The molecule has 2 aliphatic heterocycles. The zero-order valence-corrected chi connectivity index (χ0v) is 16.9. The van der Waals surface area contributed by atoms with Gasteiger partial charge < -0.3 is 5.11 Å². The van der Waals surface area contributed by atoms with Crippen LogP contribution < -0.4 is 10.5 Å². The standard InChI is InChI=1S/C22H15F3N4O4/c23-12-3-1-11(2-4-12)19-21(33)26-20-13-9-14(24)15(25)10-16(13)28-17(30)5-7-22(28,29(20)27-19)8-6-18(31)32/h1-4,9-10H,5-8H2,(H,31,32)/t22-/m0/s1.